The molecule has 1 aromatic carbocycles. The molecule has 0 radical (unpaired) electrons. The van der Waals surface area contributed by atoms with Gasteiger partial charge in [0.15, 0.2) is 0 Å². The summed E-state index contributed by atoms with van der Waals surface area (Å²) in [6, 6.07) is 9.57. The summed E-state index contributed by atoms with van der Waals surface area (Å²) in [6.07, 6.45) is 3.60. The SMILES string of the molecule is O=C(Nn1cccc1)c1ccc2c(c1)CNC2. The predicted octanol–water partition coefficient (Wildman–Crippen LogP) is 1.48. The highest BCUT2D eigenvalue weighted by Gasteiger charge is 2.13. The molecule has 0 aliphatic carbocycles. The fourth-order valence-electron chi connectivity index (χ4n) is 2.03. The smallest absolute Gasteiger partial charge is 0.270 e. The molecule has 0 bridgehead atoms. The highest BCUT2D eigenvalue weighted by molar-refractivity contribution is 6.00. The Morgan fingerprint density at radius 2 is 1.94 bits per heavy atom. The number of benzene rings is 1. The van der Waals surface area contributed by atoms with Crippen molar-refractivity contribution in [2.45, 2.75) is 13.1 Å². The Morgan fingerprint density at radius 1 is 1.18 bits per heavy atom. The van der Waals surface area contributed by atoms with E-state index in [1.807, 2.05) is 30.3 Å². The standard InChI is InChI=1S/C13H13N3O/c17-13(15-16-5-1-2-6-16)10-3-4-11-8-14-9-12(11)7-10/h1-7,14H,8-9H2,(H,15,17). The summed E-state index contributed by atoms with van der Waals surface area (Å²) >= 11 is 0. The second-order valence-corrected chi connectivity index (χ2v) is 4.12. The van der Waals surface area contributed by atoms with Crippen LogP contribution in [-0.2, 0) is 13.1 Å². The highest BCUT2D eigenvalue weighted by Crippen LogP contribution is 2.17. The first kappa shape index (κ1) is 10.1. The van der Waals surface area contributed by atoms with Gasteiger partial charge in [-0.25, -0.2) is 0 Å². The Kier molecular flexibility index (Phi) is 2.42. The number of hydrogen-bond acceptors (Lipinski definition) is 2. The van der Waals surface area contributed by atoms with Gasteiger partial charge >= 0.3 is 0 Å². The molecule has 2 aromatic rings. The molecule has 0 unspecified atom stereocenters. The molecule has 0 spiro atoms. The molecule has 17 heavy (non-hydrogen) atoms. The van der Waals surface area contributed by atoms with Gasteiger partial charge in [-0.2, -0.15) is 0 Å². The summed E-state index contributed by atoms with van der Waals surface area (Å²) < 4.78 is 1.65. The van der Waals surface area contributed by atoms with Crippen LogP contribution in [0.2, 0.25) is 0 Å². The third-order valence-corrected chi connectivity index (χ3v) is 2.93. The molecule has 1 amide bonds. The van der Waals surface area contributed by atoms with Crippen LogP contribution in [0, 0.1) is 0 Å². The summed E-state index contributed by atoms with van der Waals surface area (Å²) in [4.78, 5) is 12.0. The first-order valence-electron chi connectivity index (χ1n) is 5.60. The molecular weight excluding hydrogens is 214 g/mol. The van der Waals surface area contributed by atoms with Crippen LogP contribution in [0.25, 0.3) is 0 Å². The maximum Gasteiger partial charge on any atom is 0.270 e. The molecule has 2 N–H and O–H groups in total. The van der Waals surface area contributed by atoms with Crippen LogP contribution in [0.15, 0.2) is 42.7 Å². The van der Waals surface area contributed by atoms with Gasteiger partial charge in [-0.1, -0.05) is 6.07 Å². The lowest BCUT2D eigenvalue weighted by molar-refractivity contribution is 0.101. The molecule has 4 heteroatoms. The summed E-state index contributed by atoms with van der Waals surface area (Å²) in [7, 11) is 0. The minimum Gasteiger partial charge on any atom is -0.309 e. The number of hydrogen-bond donors (Lipinski definition) is 2. The summed E-state index contributed by atoms with van der Waals surface area (Å²) in [5.74, 6) is -0.0871. The van der Waals surface area contributed by atoms with Gasteiger partial charge in [-0.15, -0.1) is 0 Å². The Hall–Kier alpha value is -2.07. The predicted molar refractivity (Wildman–Crippen MR) is 65.1 cm³/mol. The van der Waals surface area contributed by atoms with E-state index in [1.165, 1.54) is 11.1 Å². The van der Waals surface area contributed by atoms with E-state index in [4.69, 9.17) is 0 Å². The topological polar surface area (TPSA) is 46.1 Å². The van der Waals surface area contributed by atoms with Crippen molar-refractivity contribution >= 4 is 5.91 Å². The Labute approximate surface area is 99.2 Å². The number of amides is 1. The first-order chi connectivity index (χ1) is 8.33. The molecule has 1 aliphatic rings. The highest BCUT2D eigenvalue weighted by atomic mass is 16.2. The molecule has 1 aromatic heterocycles. The van der Waals surface area contributed by atoms with Gasteiger partial charge in [0.05, 0.1) is 0 Å². The van der Waals surface area contributed by atoms with E-state index >= 15 is 0 Å². The second kappa shape index (κ2) is 4.07. The van der Waals surface area contributed by atoms with E-state index < -0.39 is 0 Å². The normalized spacial score (nSPS) is 13.4. The molecule has 0 atom stereocenters. The van der Waals surface area contributed by atoms with Gasteiger partial charge in [0.1, 0.15) is 0 Å². The maximum atomic E-state index is 12.0. The van der Waals surface area contributed by atoms with Crippen LogP contribution in [-0.4, -0.2) is 10.6 Å². The van der Waals surface area contributed by atoms with Crippen LogP contribution in [0.3, 0.4) is 0 Å². The average molecular weight is 227 g/mol. The van der Waals surface area contributed by atoms with Crippen LogP contribution in [0.1, 0.15) is 21.5 Å². The lowest BCUT2D eigenvalue weighted by Gasteiger charge is -2.07. The molecule has 4 nitrogen and oxygen atoms in total. The van der Waals surface area contributed by atoms with Crippen LogP contribution in [0.4, 0.5) is 0 Å². The number of nitrogens with one attached hydrogen (secondary N) is 2. The average Bonchev–Trinajstić information content (AvgIpc) is 2.97. The number of carbonyl (C=O) groups excluding carboxylic acids is 1. The van der Waals surface area contributed by atoms with Crippen LogP contribution in [0.5, 0.6) is 0 Å². The zero-order valence-electron chi connectivity index (χ0n) is 9.31. The maximum absolute atomic E-state index is 12.0. The third-order valence-electron chi connectivity index (χ3n) is 2.93. The van der Waals surface area contributed by atoms with Crippen molar-refractivity contribution in [1.82, 2.24) is 9.99 Å². The zero-order valence-corrected chi connectivity index (χ0v) is 9.31. The third kappa shape index (κ3) is 1.94. The molecule has 0 saturated heterocycles. The van der Waals surface area contributed by atoms with E-state index in [-0.39, 0.29) is 5.91 Å². The van der Waals surface area contributed by atoms with E-state index in [2.05, 4.69) is 10.7 Å². The molecule has 86 valence electrons. The molecular formula is C13H13N3O. The number of rotatable bonds is 2. The van der Waals surface area contributed by atoms with Gasteiger partial charge in [0.2, 0.25) is 0 Å². The van der Waals surface area contributed by atoms with Crippen molar-refractivity contribution in [3.63, 3.8) is 0 Å². The first-order valence-corrected chi connectivity index (χ1v) is 5.60. The molecule has 0 saturated carbocycles. The number of nitrogens with zero attached hydrogens (tertiary/aromatic N) is 1. The van der Waals surface area contributed by atoms with Gasteiger partial charge in [-0.05, 0) is 35.4 Å². The molecule has 2 heterocycles. The number of aromatic nitrogens is 1. The van der Waals surface area contributed by atoms with Crippen molar-refractivity contribution < 1.29 is 4.79 Å². The largest absolute Gasteiger partial charge is 0.309 e. The zero-order chi connectivity index (χ0) is 11.7. The monoisotopic (exact) mass is 227 g/mol. The summed E-state index contributed by atoms with van der Waals surface area (Å²) in [5.41, 5.74) is 5.98. The Morgan fingerprint density at radius 3 is 2.76 bits per heavy atom. The van der Waals surface area contributed by atoms with Crippen molar-refractivity contribution in [1.29, 1.82) is 0 Å². The minimum absolute atomic E-state index is 0.0871. The van der Waals surface area contributed by atoms with Crippen molar-refractivity contribution in [2.75, 3.05) is 5.43 Å². The fourth-order valence-corrected chi connectivity index (χ4v) is 2.03. The van der Waals surface area contributed by atoms with E-state index in [1.54, 1.807) is 17.1 Å². The lowest BCUT2D eigenvalue weighted by Crippen LogP contribution is -2.21. The summed E-state index contributed by atoms with van der Waals surface area (Å²) in [6.45, 7) is 1.74. The van der Waals surface area contributed by atoms with Gasteiger partial charge < -0.3 is 5.32 Å². The van der Waals surface area contributed by atoms with E-state index in [0.717, 1.165) is 13.1 Å². The van der Waals surface area contributed by atoms with Gasteiger partial charge in [0, 0.05) is 31.0 Å². The number of carbonyl (C=O) groups is 1. The Balaban J connectivity index is 1.82. The second-order valence-electron chi connectivity index (χ2n) is 4.12. The van der Waals surface area contributed by atoms with E-state index in [9.17, 15) is 4.79 Å². The van der Waals surface area contributed by atoms with Crippen molar-refractivity contribution in [2.24, 2.45) is 0 Å². The van der Waals surface area contributed by atoms with Crippen molar-refractivity contribution in [3.05, 3.63) is 59.4 Å². The van der Waals surface area contributed by atoms with Gasteiger partial charge in [-0.3, -0.25) is 14.9 Å². The Bertz CT molecular complexity index is 546. The number of fused-ring (bicyclic) bond motifs is 1. The molecule has 1 aliphatic heterocycles. The van der Waals surface area contributed by atoms with Crippen LogP contribution < -0.4 is 10.7 Å². The van der Waals surface area contributed by atoms with Crippen molar-refractivity contribution in [3.8, 4) is 0 Å². The molecule has 0 fully saturated rings. The minimum atomic E-state index is -0.0871. The van der Waals surface area contributed by atoms with Crippen LogP contribution >= 0.6 is 0 Å². The lowest BCUT2D eigenvalue weighted by atomic mass is 10.1. The fraction of sp³-hybridized carbons (Fsp3) is 0.154. The van der Waals surface area contributed by atoms with E-state index in [0.29, 0.717) is 5.56 Å². The quantitative estimate of drug-likeness (QED) is 0.816. The summed E-state index contributed by atoms with van der Waals surface area (Å²) in [5, 5.41) is 3.26. The molecule has 3 rings (SSSR count). The van der Waals surface area contributed by atoms with Gasteiger partial charge in [0.25, 0.3) is 5.91 Å².